The number of nitrogens with zero attached hydrogens (tertiary/aromatic N) is 1. The molecule has 0 spiro atoms. The Balaban J connectivity index is 3.50. The third-order valence-electron chi connectivity index (χ3n) is 3.48. The van der Waals surface area contributed by atoms with E-state index >= 15 is 0 Å². The third-order valence-corrected chi connectivity index (χ3v) is 3.48. The minimum atomic E-state index is -0.747. The minimum Gasteiger partial charge on any atom is -0.465 e. The van der Waals surface area contributed by atoms with Crippen molar-refractivity contribution in [2.45, 2.75) is 78.1 Å². The Hall–Kier alpha value is -1.30. The summed E-state index contributed by atoms with van der Waals surface area (Å²) >= 11 is 0. The van der Waals surface area contributed by atoms with E-state index in [1.54, 1.807) is 13.0 Å². The highest BCUT2D eigenvalue weighted by Crippen LogP contribution is 2.11. The molecule has 0 aliphatic heterocycles. The summed E-state index contributed by atoms with van der Waals surface area (Å²) in [7, 11) is 0. The molecule has 0 radical (unpaired) electrons. The molecular formula is C18H31NO2. The molecule has 0 aromatic rings. The van der Waals surface area contributed by atoms with E-state index < -0.39 is 11.9 Å². The number of unbranched alkanes of at least 4 members (excludes halogenated alkanes) is 9. The highest BCUT2D eigenvalue weighted by molar-refractivity contribution is 5.77. The second-order valence-corrected chi connectivity index (χ2v) is 5.40. The summed E-state index contributed by atoms with van der Waals surface area (Å²) in [5.41, 5.74) is 0. The van der Waals surface area contributed by atoms with E-state index in [2.05, 4.69) is 6.92 Å². The number of hydrogen-bond acceptors (Lipinski definition) is 3. The Kier molecular flexibility index (Phi) is 14.2. The van der Waals surface area contributed by atoms with Gasteiger partial charge in [-0.15, -0.1) is 0 Å². The van der Waals surface area contributed by atoms with Crippen LogP contribution in [0.3, 0.4) is 0 Å². The molecule has 3 heteroatoms. The molecule has 120 valence electrons. The molecule has 0 amide bonds. The van der Waals surface area contributed by atoms with Crippen molar-refractivity contribution >= 4 is 5.97 Å². The van der Waals surface area contributed by atoms with Crippen molar-refractivity contribution in [1.29, 1.82) is 5.26 Å². The molecule has 0 saturated heterocycles. The first-order valence-corrected chi connectivity index (χ1v) is 8.49. The van der Waals surface area contributed by atoms with Gasteiger partial charge in [0.1, 0.15) is 0 Å². The van der Waals surface area contributed by atoms with Crippen LogP contribution in [0, 0.1) is 17.2 Å². The van der Waals surface area contributed by atoms with E-state index in [9.17, 15) is 4.79 Å². The van der Waals surface area contributed by atoms with Crippen molar-refractivity contribution in [2.24, 2.45) is 5.92 Å². The van der Waals surface area contributed by atoms with E-state index in [0.717, 1.165) is 12.8 Å². The summed E-state index contributed by atoms with van der Waals surface area (Å²) in [4.78, 5) is 11.4. The molecule has 3 nitrogen and oxygen atoms in total. The monoisotopic (exact) mass is 293 g/mol. The van der Waals surface area contributed by atoms with Crippen LogP contribution in [0.4, 0.5) is 0 Å². The van der Waals surface area contributed by atoms with Crippen LogP contribution in [0.2, 0.25) is 0 Å². The summed E-state index contributed by atoms with van der Waals surface area (Å²) < 4.78 is 4.83. The fourth-order valence-electron chi connectivity index (χ4n) is 2.21. The van der Waals surface area contributed by atoms with Crippen LogP contribution in [0.15, 0.2) is 12.2 Å². The lowest BCUT2D eigenvalue weighted by Crippen LogP contribution is -2.13. The quantitative estimate of drug-likeness (QED) is 0.267. The highest BCUT2D eigenvalue weighted by atomic mass is 16.5. The second-order valence-electron chi connectivity index (χ2n) is 5.40. The first-order valence-electron chi connectivity index (χ1n) is 8.49. The maximum atomic E-state index is 11.4. The van der Waals surface area contributed by atoms with E-state index in [4.69, 9.17) is 10.00 Å². The van der Waals surface area contributed by atoms with Crippen molar-refractivity contribution in [3.05, 3.63) is 12.2 Å². The first kappa shape index (κ1) is 19.7. The summed E-state index contributed by atoms with van der Waals surface area (Å²) in [6, 6.07) is 1.96. The molecule has 0 aliphatic rings. The Morgan fingerprint density at radius 1 is 1.05 bits per heavy atom. The van der Waals surface area contributed by atoms with E-state index in [1.165, 1.54) is 51.4 Å². The maximum absolute atomic E-state index is 11.4. The summed E-state index contributed by atoms with van der Waals surface area (Å²) in [6.07, 6.45) is 16.3. The average molecular weight is 293 g/mol. The Morgan fingerprint density at radius 3 is 2.14 bits per heavy atom. The molecule has 21 heavy (non-hydrogen) atoms. The number of esters is 1. The van der Waals surface area contributed by atoms with Crippen molar-refractivity contribution in [2.75, 3.05) is 6.61 Å². The number of rotatable bonds is 13. The lowest BCUT2D eigenvalue weighted by molar-refractivity contribution is -0.144. The average Bonchev–Trinajstić information content (AvgIpc) is 2.48. The molecule has 0 saturated carbocycles. The van der Waals surface area contributed by atoms with E-state index in [-0.39, 0.29) is 0 Å². The van der Waals surface area contributed by atoms with Gasteiger partial charge in [0.2, 0.25) is 0 Å². The molecule has 0 rings (SSSR count). The minimum absolute atomic E-state index is 0.323. The topological polar surface area (TPSA) is 50.1 Å². The van der Waals surface area contributed by atoms with Crippen molar-refractivity contribution in [3.8, 4) is 6.07 Å². The fourth-order valence-corrected chi connectivity index (χ4v) is 2.21. The van der Waals surface area contributed by atoms with Crippen molar-refractivity contribution in [1.82, 2.24) is 0 Å². The standard InChI is InChI=1S/C18H31NO2/c1-3-5-6-7-8-9-10-11-12-13-14-15-17(16-19)18(20)21-4-2/h14-15,17H,3-13H2,1-2H3/b15-14-/t17-/m0/s1. The summed E-state index contributed by atoms with van der Waals surface area (Å²) in [6.45, 7) is 4.31. The van der Waals surface area contributed by atoms with Crippen LogP contribution >= 0.6 is 0 Å². The first-order chi connectivity index (χ1) is 10.3. The molecule has 0 aliphatic carbocycles. The Labute approximate surface area is 130 Å². The van der Waals surface area contributed by atoms with Crippen LogP contribution < -0.4 is 0 Å². The third kappa shape index (κ3) is 12.2. The van der Waals surface area contributed by atoms with Gasteiger partial charge in [-0.05, 0) is 19.8 Å². The molecule has 0 unspecified atom stereocenters. The predicted octanol–water partition coefficient (Wildman–Crippen LogP) is 5.17. The van der Waals surface area contributed by atoms with Crippen LogP contribution in [0.5, 0.6) is 0 Å². The van der Waals surface area contributed by atoms with Gasteiger partial charge in [0.25, 0.3) is 0 Å². The largest absolute Gasteiger partial charge is 0.465 e. The van der Waals surface area contributed by atoms with Gasteiger partial charge in [-0.3, -0.25) is 4.79 Å². The molecule has 1 atom stereocenters. The molecule has 0 N–H and O–H groups in total. The molecule has 0 bridgehead atoms. The number of hydrogen-bond donors (Lipinski definition) is 0. The maximum Gasteiger partial charge on any atom is 0.327 e. The number of allylic oxidation sites excluding steroid dienone is 1. The molecule has 0 heterocycles. The van der Waals surface area contributed by atoms with Gasteiger partial charge in [-0.2, -0.15) is 5.26 Å². The van der Waals surface area contributed by atoms with E-state index in [0.29, 0.717) is 6.61 Å². The van der Waals surface area contributed by atoms with Gasteiger partial charge >= 0.3 is 5.97 Å². The Bertz CT molecular complexity index is 318. The SMILES string of the molecule is CCCCCCCCCCC/C=C\[C@@H](C#N)C(=O)OCC. The summed E-state index contributed by atoms with van der Waals surface area (Å²) in [5, 5.41) is 8.88. The smallest absolute Gasteiger partial charge is 0.327 e. The molecule has 0 fully saturated rings. The van der Waals surface area contributed by atoms with Gasteiger partial charge < -0.3 is 4.74 Å². The van der Waals surface area contributed by atoms with Crippen LogP contribution in [-0.2, 0) is 9.53 Å². The zero-order valence-electron chi connectivity index (χ0n) is 13.8. The van der Waals surface area contributed by atoms with Gasteiger partial charge in [0.15, 0.2) is 5.92 Å². The lowest BCUT2D eigenvalue weighted by atomic mass is 10.1. The Morgan fingerprint density at radius 2 is 1.62 bits per heavy atom. The molecular weight excluding hydrogens is 262 g/mol. The van der Waals surface area contributed by atoms with Crippen LogP contribution in [0.1, 0.15) is 78.1 Å². The van der Waals surface area contributed by atoms with Crippen molar-refractivity contribution < 1.29 is 9.53 Å². The number of ether oxygens (including phenoxy) is 1. The van der Waals surface area contributed by atoms with Crippen LogP contribution in [0.25, 0.3) is 0 Å². The van der Waals surface area contributed by atoms with Crippen LogP contribution in [-0.4, -0.2) is 12.6 Å². The zero-order chi connectivity index (χ0) is 15.8. The molecule has 0 aromatic heterocycles. The predicted molar refractivity (Wildman–Crippen MR) is 86.7 cm³/mol. The second kappa shape index (κ2) is 15.1. The highest BCUT2D eigenvalue weighted by Gasteiger charge is 2.14. The number of nitriles is 1. The van der Waals surface area contributed by atoms with Gasteiger partial charge in [-0.25, -0.2) is 0 Å². The fraction of sp³-hybridized carbons (Fsp3) is 0.778. The molecule has 0 aromatic carbocycles. The summed E-state index contributed by atoms with van der Waals surface area (Å²) in [5.74, 6) is -1.19. The number of carbonyl (C=O) groups excluding carboxylic acids is 1. The zero-order valence-corrected chi connectivity index (χ0v) is 13.8. The van der Waals surface area contributed by atoms with E-state index in [1.807, 2.05) is 12.1 Å². The van der Waals surface area contributed by atoms with Gasteiger partial charge in [0.05, 0.1) is 12.7 Å². The number of carbonyl (C=O) groups is 1. The normalized spacial score (nSPS) is 12.2. The van der Waals surface area contributed by atoms with Gasteiger partial charge in [0, 0.05) is 0 Å². The van der Waals surface area contributed by atoms with Crippen molar-refractivity contribution in [3.63, 3.8) is 0 Å². The van der Waals surface area contributed by atoms with Gasteiger partial charge in [-0.1, -0.05) is 70.4 Å². The lowest BCUT2D eigenvalue weighted by Gasteiger charge is -2.03.